The molecule has 0 saturated carbocycles. The lowest BCUT2D eigenvalue weighted by Crippen LogP contribution is -2.15. The first-order valence-corrected chi connectivity index (χ1v) is 4.71. The van der Waals surface area contributed by atoms with Crippen molar-refractivity contribution in [2.75, 3.05) is 38.0 Å². The van der Waals surface area contributed by atoms with E-state index in [9.17, 15) is 4.79 Å². The van der Waals surface area contributed by atoms with E-state index in [1.807, 2.05) is 43.3 Å². The number of benzene rings is 1. The Morgan fingerprint density at radius 2 is 1.93 bits per heavy atom. The van der Waals surface area contributed by atoms with Crippen LogP contribution in [0.25, 0.3) is 0 Å². The van der Waals surface area contributed by atoms with Gasteiger partial charge in [-0.25, -0.2) is 0 Å². The molecule has 1 aromatic rings. The van der Waals surface area contributed by atoms with Gasteiger partial charge in [0.2, 0.25) is 0 Å². The summed E-state index contributed by atoms with van der Waals surface area (Å²) in [6, 6.07) is 7.83. The first-order valence-electron chi connectivity index (χ1n) is 4.71. The molecule has 0 aliphatic carbocycles. The minimum Gasteiger partial charge on any atom is -0.468 e. The van der Waals surface area contributed by atoms with Crippen molar-refractivity contribution in [2.45, 2.75) is 0 Å². The molecule has 0 saturated heterocycles. The molecule has 1 N–H and O–H groups in total. The van der Waals surface area contributed by atoms with Crippen molar-refractivity contribution in [3.05, 3.63) is 24.3 Å². The van der Waals surface area contributed by atoms with E-state index in [0.717, 1.165) is 11.4 Å². The topological polar surface area (TPSA) is 41.6 Å². The van der Waals surface area contributed by atoms with Crippen molar-refractivity contribution in [1.29, 1.82) is 0 Å². The van der Waals surface area contributed by atoms with E-state index in [-0.39, 0.29) is 12.5 Å². The van der Waals surface area contributed by atoms with Crippen molar-refractivity contribution < 1.29 is 9.53 Å². The molecule has 1 aromatic carbocycles. The van der Waals surface area contributed by atoms with Crippen LogP contribution in [0.1, 0.15) is 0 Å². The number of anilines is 2. The van der Waals surface area contributed by atoms with Gasteiger partial charge in [-0.1, -0.05) is 0 Å². The summed E-state index contributed by atoms with van der Waals surface area (Å²) >= 11 is 0. The minimum atomic E-state index is -0.272. The zero-order chi connectivity index (χ0) is 11.3. The Kier molecular flexibility index (Phi) is 3.97. The van der Waals surface area contributed by atoms with E-state index >= 15 is 0 Å². The minimum absolute atomic E-state index is 0.192. The fourth-order valence-electron chi connectivity index (χ4n) is 1.12. The van der Waals surface area contributed by atoms with Crippen molar-refractivity contribution >= 4 is 17.3 Å². The Hall–Kier alpha value is -1.71. The van der Waals surface area contributed by atoms with E-state index in [1.54, 1.807) is 0 Å². The first-order chi connectivity index (χ1) is 7.13. The van der Waals surface area contributed by atoms with Crippen LogP contribution in [0.2, 0.25) is 0 Å². The van der Waals surface area contributed by atoms with Gasteiger partial charge in [0.05, 0.1) is 7.11 Å². The SMILES string of the molecule is COC(=O)CNc1ccc(N(C)C)cc1. The van der Waals surface area contributed by atoms with Crippen LogP contribution in [-0.4, -0.2) is 33.7 Å². The summed E-state index contributed by atoms with van der Waals surface area (Å²) in [6.45, 7) is 0.192. The lowest BCUT2D eigenvalue weighted by Gasteiger charge is -2.13. The van der Waals surface area contributed by atoms with Crippen LogP contribution in [0.5, 0.6) is 0 Å². The first kappa shape index (κ1) is 11.4. The van der Waals surface area contributed by atoms with Gasteiger partial charge in [0, 0.05) is 25.5 Å². The highest BCUT2D eigenvalue weighted by Crippen LogP contribution is 2.15. The van der Waals surface area contributed by atoms with Gasteiger partial charge in [-0.2, -0.15) is 0 Å². The van der Waals surface area contributed by atoms with E-state index in [2.05, 4.69) is 10.1 Å². The second kappa shape index (κ2) is 5.24. The Morgan fingerprint density at radius 1 is 1.33 bits per heavy atom. The van der Waals surface area contributed by atoms with Gasteiger partial charge in [-0.05, 0) is 24.3 Å². The number of nitrogens with zero attached hydrogens (tertiary/aromatic N) is 1. The third-order valence-corrected chi connectivity index (χ3v) is 2.05. The lowest BCUT2D eigenvalue weighted by molar-refractivity contribution is -0.138. The van der Waals surface area contributed by atoms with Crippen LogP contribution in [0.3, 0.4) is 0 Å². The monoisotopic (exact) mass is 208 g/mol. The molecule has 0 bridgehead atoms. The zero-order valence-corrected chi connectivity index (χ0v) is 9.28. The number of hydrogen-bond donors (Lipinski definition) is 1. The fourth-order valence-corrected chi connectivity index (χ4v) is 1.12. The number of methoxy groups -OCH3 is 1. The van der Waals surface area contributed by atoms with E-state index < -0.39 is 0 Å². The number of nitrogens with one attached hydrogen (secondary N) is 1. The Morgan fingerprint density at radius 3 is 2.40 bits per heavy atom. The van der Waals surface area contributed by atoms with Crippen molar-refractivity contribution in [3.63, 3.8) is 0 Å². The summed E-state index contributed by atoms with van der Waals surface area (Å²) in [7, 11) is 5.34. The molecule has 0 unspecified atom stereocenters. The van der Waals surface area contributed by atoms with Gasteiger partial charge in [0.25, 0.3) is 0 Å². The highest BCUT2D eigenvalue weighted by molar-refractivity contribution is 5.75. The highest BCUT2D eigenvalue weighted by atomic mass is 16.5. The predicted molar refractivity (Wildman–Crippen MR) is 61.3 cm³/mol. The summed E-state index contributed by atoms with van der Waals surface area (Å²) in [6.07, 6.45) is 0. The molecule has 4 nitrogen and oxygen atoms in total. The zero-order valence-electron chi connectivity index (χ0n) is 9.28. The third kappa shape index (κ3) is 3.50. The van der Waals surface area contributed by atoms with Crippen LogP contribution in [0, 0.1) is 0 Å². The molecule has 15 heavy (non-hydrogen) atoms. The number of ether oxygens (including phenoxy) is 1. The highest BCUT2D eigenvalue weighted by Gasteiger charge is 1.99. The Balaban J connectivity index is 2.53. The van der Waals surface area contributed by atoms with Crippen LogP contribution in [0.4, 0.5) is 11.4 Å². The average molecular weight is 208 g/mol. The number of carbonyl (C=O) groups excluding carboxylic acids is 1. The maximum atomic E-state index is 10.9. The maximum absolute atomic E-state index is 10.9. The van der Waals surface area contributed by atoms with E-state index in [1.165, 1.54) is 7.11 Å². The van der Waals surface area contributed by atoms with E-state index in [0.29, 0.717) is 0 Å². The molecule has 82 valence electrons. The molecular formula is C11H16N2O2. The molecule has 0 amide bonds. The predicted octanol–water partition coefficient (Wildman–Crippen LogP) is 1.34. The third-order valence-electron chi connectivity index (χ3n) is 2.05. The summed E-state index contributed by atoms with van der Waals surface area (Å²) in [5.74, 6) is -0.272. The molecule has 0 aliphatic rings. The summed E-state index contributed by atoms with van der Waals surface area (Å²) in [4.78, 5) is 12.9. The van der Waals surface area contributed by atoms with Crippen LogP contribution in [0.15, 0.2) is 24.3 Å². The van der Waals surface area contributed by atoms with Crippen molar-refractivity contribution in [2.24, 2.45) is 0 Å². The van der Waals surface area contributed by atoms with Gasteiger partial charge < -0.3 is 15.0 Å². The molecule has 1 rings (SSSR count). The number of rotatable bonds is 4. The molecule has 0 aliphatic heterocycles. The van der Waals surface area contributed by atoms with Crippen LogP contribution in [-0.2, 0) is 9.53 Å². The Bertz CT molecular complexity index is 320. The molecule has 0 atom stereocenters. The van der Waals surface area contributed by atoms with E-state index in [4.69, 9.17) is 0 Å². The van der Waals surface area contributed by atoms with Crippen molar-refractivity contribution in [1.82, 2.24) is 0 Å². The molecule has 4 heteroatoms. The van der Waals surface area contributed by atoms with Crippen LogP contribution < -0.4 is 10.2 Å². The lowest BCUT2D eigenvalue weighted by atomic mass is 10.2. The molecule has 0 spiro atoms. The molecule has 0 heterocycles. The quantitative estimate of drug-likeness (QED) is 0.758. The normalized spacial score (nSPS) is 9.53. The maximum Gasteiger partial charge on any atom is 0.325 e. The van der Waals surface area contributed by atoms with Crippen molar-refractivity contribution in [3.8, 4) is 0 Å². The number of carbonyl (C=O) groups is 1. The Labute approximate surface area is 89.8 Å². The second-order valence-electron chi connectivity index (χ2n) is 3.37. The number of hydrogen-bond acceptors (Lipinski definition) is 4. The molecule has 0 radical (unpaired) electrons. The molecular weight excluding hydrogens is 192 g/mol. The molecule has 0 fully saturated rings. The largest absolute Gasteiger partial charge is 0.468 e. The number of esters is 1. The van der Waals surface area contributed by atoms with Gasteiger partial charge in [0.1, 0.15) is 6.54 Å². The summed E-state index contributed by atoms with van der Waals surface area (Å²) in [5, 5.41) is 2.97. The summed E-state index contributed by atoms with van der Waals surface area (Å²) < 4.78 is 4.52. The van der Waals surface area contributed by atoms with Gasteiger partial charge in [-0.3, -0.25) is 4.79 Å². The van der Waals surface area contributed by atoms with Gasteiger partial charge in [0.15, 0.2) is 0 Å². The average Bonchev–Trinajstić information content (AvgIpc) is 2.26. The smallest absolute Gasteiger partial charge is 0.325 e. The van der Waals surface area contributed by atoms with Crippen LogP contribution >= 0.6 is 0 Å². The standard InChI is InChI=1S/C11H16N2O2/c1-13(2)10-6-4-9(5-7-10)12-8-11(14)15-3/h4-7,12H,8H2,1-3H3. The second-order valence-corrected chi connectivity index (χ2v) is 3.37. The fraction of sp³-hybridized carbons (Fsp3) is 0.364. The van der Waals surface area contributed by atoms with Gasteiger partial charge >= 0.3 is 5.97 Å². The van der Waals surface area contributed by atoms with Gasteiger partial charge in [-0.15, -0.1) is 0 Å². The molecule has 0 aromatic heterocycles. The summed E-state index contributed by atoms with van der Waals surface area (Å²) in [5.41, 5.74) is 2.03.